The second kappa shape index (κ2) is 6.41. The van der Waals surface area contributed by atoms with Gasteiger partial charge >= 0.3 is 0 Å². The number of carbonyl (C=O) groups is 1. The Balaban J connectivity index is 1.68. The second-order valence-corrected chi connectivity index (χ2v) is 6.31. The molecule has 0 aliphatic heterocycles. The van der Waals surface area contributed by atoms with Crippen molar-refractivity contribution in [3.8, 4) is 11.3 Å². The number of thiazole rings is 1. The van der Waals surface area contributed by atoms with E-state index in [9.17, 15) is 4.79 Å². The molecule has 0 fully saturated rings. The number of aromatic nitrogens is 1. The fraction of sp³-hybridized carbons (Fsp3) is 0.250. The van der Waals surface area contributed by atoms with Gasteiger partial charge in [0, 0.05) is 21.9 Å². The predicted molar refractivity (Wildman–Crippen MR) is 87.7 cm³/mol. The zero-order valence-corrected chi connectivity index (χ0v) is 13.0. The maximum absolute atomic E-state index is 12.2. The molecule has 5 heteroatoms. The van der Waals surface area contributed by atoms with Crippen LogP contribution in [0.3, 0.4) is 0 Å². The average Bonchev–Trinajstić information content (AvgIpc) is 2.97. The fourth-order valence-electron chi connectivity index (χ4n) is 2.32. The number of nitrogens with zero attached hydrogens (tertiary/aromatic N) is 1. The largest absolute Gasteiger partial charge is 0.302 e. The molecule has 1 aliphatic carbocycles. The van der Waals surface area contributed by atoms with Crippen molar-refractivity contribution in [2.75, 3.05) is 5.32 Å². The standard InChI is InChI=1S/C16H15ClN2OS/c17-13-8-6-11(7-9-13)14-10-21-16(18-14)19-15(20)12-4-2-1-3-5-12/h1-2,6-10,12H,3-5H2,(H,18,19,20)/t12-/m0/s1. The first-order chi connectivity index (χ1) is 10.2. The van der Waals surface area contributed by atoms with Crippen LogP contribution in [0.15, 0.2) is 41.8 Å². The summed E-state index contributed by atoms with van der Waals surface area (Å²) in [4.78, 5) is 16.6. The molecule has 1 atom stereocenters. The molecule has 21 heavy (non-hydrogen) atoms. The number of nitrogens with one attached hydrogen (secondary N) is 1. The van der Waals surface area contributed by atoms with E-state index in [-0.39, 0.29) is 11.8 Å². The molecule has 1 N–H and O–H groups in total. The van der Waals surface area contributed by atoms with Crippen LogP contribution in [0, 0.1) is 5.92 Å². The van der Waals surface area contributed by atoms with E-state index in [0.717, 1.165) is 30.5 Å². The number of hydrogen-bond acceptors (Lipinski definition) is 3. The first-order valence-electron chi connectivity index (χ1n) is 6.90. The molecule has 0 radical (unpaired) electrons. The van der Waals surface area contributed by atoms with Crippen molar-refractivity contribution in [2.45, 2.75) is 19.3 Å². The Labute approximate surface area is 132 Å². The van der Waals surface area contributed by atoms with Gasteiger partial charge in [0.2, 0.25) is 5.91 Å². The predicted octanol–water partition coefficient (Wildman–Crippen LogP) is 4.76. The van der Waals surface area contributed by atoms with E-state index in [1.807, 2.05) is 29.6 Å². The molecule has 0 unspecified atom stereocenters. The summed E-state index contributed by atoms with van der Waals surface area (Å²) < 4.78 is 0. The third-order valence-corrected chi connectivity index (χ3v) is 4.52. The van der Waals surface area contributed by atoms with Crippen molar-refractivity contribution in [1.82, 2.24) is 4.98 Å². The summed E-state index contributed by atoms with van der Waals surface area (Å²) in [7, 11) is 0. The highest BCUT2D eigenvalue weighted by molar-refractivity contribution is 7.14. The molecule has 1 aromatic heterocycles. The van der Waals surface area contributed by atoms with Gasteiger partial charge in [0.1, 0.15) is 0 Å². The minimum atomic E-state index is 0.0661. The second-order valence-electron chi connectivity index (χ2n) is 5.02. The van der Waals surface area contributed by atoms with E-state index >= 15 is 0 Å². The zero-order chi connectivity index (χ0) is 14.7. The van der Waals surface area contributed by atoms with Gasteiger partial charge < -0.3 is 5.32 Å². The number of benzene rings is 1. The number of rotatable bonds is 3. The smallest absolute Gasteiger partial charge is 0.229 e. The van der Waals surface area contributed by atoms with E-state index in [1.165, 1.54) is 11.3 Å². The number of anilines is 1. The Kier molecular flexibility index (Phi) is 4.36. The lowest BCUT2D eigenvalue weighted by Gasteiger charge is -2.15. The first-order valence-corrected chi connectivity index (χ1v) is 8.15. The molecule has 0 saturated heterocycles. The molecule has 2 aromatic rings. The third-order valence-electron chi connectivity index (χ3n) is 3.51. The summed E-state index contributed by atoms with van der Waals surface area (Å²) in [6, 6.07) is 7.52. The van der Waals surface area contributed by atoms with Gasteiger partial charge in [-0.3, -0.25) is 4.79 Å². The number of allylic oxidation sites excluding steroid dienone is 2. The maximum Gasteiger partial charge on any atom is 0.229 e. The van der Waals surface area contributed by atoms with Gasteiger partial charge in [-0.2, -0.15) is 0 Å². The highest BCUT2D eigenvalue weighted by atomic mass is 35.5. The molecule has 3 nitrogen and oxygen atoms in total. The Morgan fingerprint density at radius 2 is 2.10 bits per heavy atom. The number of amides is 1. The monoisotopic (exact) mass is 318 g/mol. The Bertz CT molecular complexity index is 663. The normalized spacial score (nSPS) is 17.7. The first kappa shape index (κ1) is 14.3. The molecular weight excluding hydrogens is 304 g/mol. The number of carbonyl (C=O) groups excluding carboxylic acids is 1. The average molecular weight is 319 g/mol. The minimum Gasteiger partial charge on any atom is -0.302 e. The van der Waals surface area contributed by atoms with Crippen LogP contribution in [0.1, 0.15) is 19.3 Å². The molecule has 1 aliphatic rings. The van der Waals surface area contributed by atoms with E-state index in [2.05, 4.69) is 22.5 Å². The summed E-state index contributed by atoms with van der Waals surface area (Å²) in [5, 5.41) is 6.22. The zero-order valence-electron chi connectivity index (χ0n) is 11.4. The van der Waals surface area contributed by atoms with Gasteiger partial charge in [-0.05, 0) is 31.4 Å². The van der Waals surface area contributed by atoms with Crippen LogP contribution in [-0.2, 0) is 4.79 Å². The minimum absolute atomic E-state index is 0.0661. The molecule has 108 valence electrons. The molecular formula is C16H15ClN2OS. The van der Waals surface area contributed by atoms with Crippen LogP contribution in [0.2, 0.25) is 5.02 Å². The van der Waals surface area contributed by atoms with Crippen LogP contribution in [-0.4, -0.2) is 10.9 Å². The lowest BCUT2D eigenvalue weighted by Crippen LogP contribution is -2.23. The van der Waals surface area contributed by atoms with Crippen LogP contribution in [0.25, 0.3) is 11.3 Å². The maximum atomic E-state index is 12.2. The van der Waals surface area contributed by atoms with Crippen molar-refractivity contribution in [3.05, 3.63) is 46.8 Å². The van der Waals surface area contributed by atoms with Crippen LogP contribution in [0.5, 0.6) is 0 Å². The van der Waals surface area contributed by atoms with Crippen molar-refractivity contribution >= 4 is 34.0 Å². The summed E-state index contributed by atoms with van der Waals surface area (Å²) in [5.41, 5.74) is 1.85. The van der Waals surface area contributed by atoms with Gasteiger partial charge in [0.15, 0.2) is 5.13 Å². The lowest BCUT2D eigenvalue weighted by atomic mass is 9.94. The lowest BCUT2D eigenvalue weighted by molar-refractivity contribution is -0.120. The van der Waals surface area contributed by atoms with E-state index in [4.69, 9.17) is 11.6 Å². The van der Waals surface area contributed by atoms with Gasteiger partial charge in [-0.15, -0.1) is 11.3 Å². The Hall–Kier alpha value is -1.65. The van der Waals surface area contributed by atoms with Crippen LogP contribution < -0.4 is 5.32 Å². The fourth-order valence-corrected chi connectivity index (χ4v) is 3.17. The van der Waals surface area contributed by atoms with Crippen molar-refractivity contribution < 1.29 is 4.79 Å². The van der Waals surface area contributed by atoms with E-state index < -0.39 is 0 Å². The third kappa shape index (κ3) is 3.52. The molecule has 1 heterocycles. The van der Waals surface area contributed by atoms with Gasteiger partial charge in [0.25, 0.3) is 0 Å². The highest BCUT2D eigenvalue weighted by Crippen LogP contribution is 2.27. The van der Waals surface area contributed by atoms with Gasteiger partial charge in [-0.25, -0.2) is 4.98 Å². The summed E-state index contributed by atoms with van der Waals surface area (Å²) in [6.45, 7) is 0. The molecule has 0 bridgehead atoms. The van der Waals surface area contributed by atoms with Crippen LogP contribution >= 0.6 is 22.9 Å². The van der Waals surface area contributed by atoms with Crippen molar-refractivity contribution in [3.63, 3.8) is 0 Å². The van der Waals surface area contributed by atoms with E-state index in [1.54, 1.807) is 0 Å². The quantitative estimate of drug-likeness (QED) is 0.829. The van der Waals surface area contributed by atoms with E-state index in [0.29, 0.717) is 10.2 Å². The Morgan fingerprint density at radius 1 is 1.29 bits per heavy atom. The topological polar surface area (TPSA) is 42.0 Å². The van der Waals surface area contributed by atoms with Crippen molar-refractivity contribution in [1.29, 1.82) is 0 Å². The SMILES string of the molecule is O=C(Nc1nc(-c2ccc(Cl)cc2)cs1)[C@H]1CC=CCC1. The molecule has 1 amide bonds. The van der Waals surface area contributed by atoms with Crippen molar-refractivity contribution in [2.24, 2.45) is 5.92 Å². The van der Waals surface area contributed by atoms with Crippen LogP contribution in [0.4, 0.5) is 5.13 Å². The number of hydrogen-bond donors (Lipinski definition) is 1. The summed E-state index contributed by atoms with van der Waals surface area (Å²) in [5.74, 6) is 0.134. The number of halogens is 1. The molecule has 3 rings (SSSR count). The molecule has 0 spiro atoms. The van der Waals surface area contributed by atoms with Gasteiger partial charge in [-0.1, -0.05) is 35.9 Å². The Morgan fingerprint density at radius 3 is 2.81 bits per heavy atom. The summed E-state index contributed by atoms with van der Waals surface area (Å²) >= 11 is 7.33. The molecule has 1 aromatic carbocycles. The van der Waals surface area contributed by atoms with Gasteiger partial charge in [0.05, 0.1) is 5.69 Å². The molecule has 0 saturated carbocycles. The highest BCUT2D eigenvalue weighted by Gasteiger charge is 2.19. The summed E-state index contributed by atoms with van der Waals surface area (Å²) in [6.07, 6.45) is 6.92.